The average Bonchev–Trinajstić information content (AvgIpc) is 2.54. The normalized spacial score (nSPS) is 13.5. The topological polar surface area (TPSA) is 12.0 Å². The molecule has 1 N–H and O–H groups in total. The molecule has 0 aliphatic rings. The Bertz CT molecular complexity index is 308. The summed E-state index contributed by atoms with van der Waals surface area (Å²) in [5.41, 5.74) is 1.14. The lowest BCUT2D eigenvalue weighted by Crippen LogP contribution is -2.24. The zero-order valence-corrected chi connectivity index (χ0v) is 11.6. The van der Waals surface area contributed by atoms with Crippen molar-refractivity contribution in [3.05, 3.63) is 20.3 Å². The van der Waals surface area contributed by atoms with Crippen LogP contribution in [0.1, 0.15) is 38.3 Å². The molecule has 1 heterocycles. The van der Waals surface area contributed by atoms with E-state index in [2.05, 4.69) is 19.2 Å². The van der Waals surface area contributed by atoms with Gasteiger partial charge in [0.15, 0.2) is 0 Å². The van der Waals surface area contributed by atoms with Gasteiger partial charge in [0.1, 0.15) is 0 Å². The second kappa shape index (κ2) is 6.09. The molecule has 4 heteroatoms. The first-order valence-corrected chi connectivity index (χ1v) is 6.83. The van der Waals surface area contributed by atoms with E-state index in [1.807, 2.05) is 13.1 Å². The van der Waals surface area contributed by atoms with Crippen molar-refractivity contribution in [2.75, 3.05) is 7.05 Å². The van der Waals surface area contributed by atoms with Crippen molar-refractivity contribution in [2.24, 2.45) is 5.92 Å². The molecule has 86 valence electrons. The molecule has 1 unspecified atom stereocenters. The number of halogens is 2. The average molecular weight is 266 g/mol. The van der Waals surface area contributed by atoms with Crippen molar-refractivity contribution in [1.82, 2.24) is 5.32 Å². The fourth-order valence-corrected chi connectivity index (χ4v) is 3.52. The summed E-state index contributed by atoms with van der Waals surface area (Å²) < 4.78 is 1.58. The van der Waals surface area contributed by atoms with Gasteiger partial charge in [0.2, 0.25) is 0 Å². The summed E-state index contributed by atoms with van der Waals surface area (Å²) >= 11 is 13.6. The van der Waals surface area contributed by atoms with Gasteiger partial charge in [-0.25, -0.2) is 0 Å². The van der Waals surface area contributed by atoms with Crippen LogP contribution in [0.5, 0.6) is 0 Å². The molecule has 0 bridgehead atoms. The van der Waals surface area contributed by atoms with Gasteiger partial charge in [-0.05, 0) is 19.0 Å². The lowest BCUT2D eigenvalue weighted by atomic mass is 9.90. The summed E-state index contributed by atoms with van der Waals surface area (Å²) in [4.78, 5) is 0. The maximum Gasteiger partial charge on any atom is 0.0992 e. The minimum atomic E-state index is 0.316. The number of rotatable bonds is 5. The first kappa shape index (κ1) is 13.3. The number of hydrogen-bond donors (Lipinski definition) is 1. The minimum Gasteiger partial charge on any atom is -0.313 e. The second-order valence-electron chi connectivity index (χ2n) is 3.62. The summed E-state index contributed by atoms with van der Waals surface area (Å²) in [6.07, 6.45) is 2.29. The maximum absolute atomic E-state index is 6.17. The Morgan fingerprint density at radius 3 is 2.27 bits per heavy atom. The standard InChI is InChI=1S/C11H17Cl2NS/c1-4-7(5-2)10(14-3)8-6-9(12)15-11(8)13/h6-7,10,14H,4-5H2,1-3H3. The van der Waals surface area contributed by atoms with E-state index in [0.717, 1.165) is 27.1 Å². The van der Waals surface area contributed by atoms with Crippen LogP contribution in [0.15, 0.2) is 6.07 Å². The van der Waals surface area contributed by atoms with Gasteiger partial charge >= 0.3 is 0 Å². The predicted octanol–water partition coefficient (Wildman–Crippen LogP) is 4.75. The van der Waals surface area contributed by atoms with Crippen LogP contribution in [0.2, 0.25) is 8.67 Å². The van der Waals surface area contributed by atoms with Crippen LogP contribution in [0.25, 0.3) is 0 Å². The van der Waals surface area contributed by atoms with Gasteiger partial charge in [0.05, 0.1) is 8.67 Å². The molecule has 0 saturated carbocycles. The first-order chi connectivity index (χ1) is 7.13. The van der Waals surface area contributed by atoms with Gasteiger partial charge < -0.3 is 5.32 Å². The molecule has 1 nitrogen and oxygen atoms in total. The molecule has 15 heavy (non-hydrogen) atoms. The molecule has 0 aromatic carbocycles. The molecule has 1 aromatic heterocycles. The van der Waals surface area contributed by atoms with E-state index in [9.17, 15) is 0 Å². The van der Waals surface area contributed by atoms with Crippen LogP contribution < -0.4 is 5.32 Å². The molecular weight excluding hydrogens is 249 g/mol. The molecule has 0 aliphatic carbocycles. The lowest BCUT2D eigenvalue weighted by molar-refractivity contribution is 0.360. The van der Waals surface area contributed by atoms with E-state index in [-0.39, 0.29) is 0 Å². The highest BCUT2D eigenvalue weighted by Crippen LogP contribution is 2.38. The van der Waals surface area contributed by atoms with Crippen molar-refractivity contribution in [2.45, 2.75) is 32.7 Å². The first-order valence-electron chi connectivity index (χ1n) is 5.25. The third kappa shape index (κ3) is 3.10. The van der Waals surface area contributed by atoms with Crippen LogP contribution in [0.4, 0.5) is 0 Å². The molecule has 0 spiro atoms. The Kier molecular flexibility index (Phi) is 5.41. The Morgan fingerprint density at radius 1 is 1.33 bits per heavy atom. The highest BCUT2D eigenvalue weighted by atomic mass is 35.5. The number of hydrogen-bond acceptors (Lipinski definition) is 2. The molecule has 0 aliphatic heterocycles. The highest BCUT2D eigenvalue weighted by molar-refractivity contribution is 7.20. The molecule has 1 atom stereocenters. The molecule has 0 saturated heterocycles. The van der Waals surface area contributed by atoms with Crippen molar-refractivity contribution in [1.29, 1.82) is 0 Å². The quantitative estimate of drug-likeness (QED) is 0.810. The summed E-state index contributed by atoms with van der Waals surface area (Å²) in [5.74, 6) is 0.609. The fraction of sp³-hybridized carbons (Fsp3) is 0.636. The summed E-state index contributed by atoms with van der Waals surface area (Å²) in [5, 5.41) is 3.34. The van der Waals surface area contributed by atoms with Crippen molar-refractivity contribution < 1.29 is 0 Å². The van der Waals surface area contributed by atoms with Gasteiger partial charge in [0, 0.05) is 11.6 Å². The molecule has 0 fully saturated rings. The smallest absolute Gasteiger partial charge is 0.0992 e. The maximum atomic E-state index is 6.17. The molecule has 0 radical (unpaired) electrons. The van der Waals surface area contributed by atoms with Crippen molar-refractivity contribution in [3.8, 4) is 0 Å². The monoisotopic (exact) mass is 265 g/mol. The SMILES string of the molecule is CCC(CC)C(NC)c1cc(Cl)sc1Cl. The van der Waals surface area contributed by atoms with E-state index < -0.39 is 0 Å². The Labute approximate surface area is 106 Å². The predicted molar refractivity (Wildman–Crippen MR) is 70.2 cm³/mol. The van der Waals surface area contributed by atoms with E-state index in [1.165, 1.54) is 11.3 Å². The minimum absolute atomic E-state index is 0.316. The van der Waals surface area contributed by atoms with Crippen LogP contribution in [0.3, 0.4) is 0 Å². The Morgan fingerprint density at radius 2 is 1.93 bits per heavy atom. The highest BCUT2D eigenvalue weighted by Gasteiger charge is 2.22. The summed E-state index contributed by atoms with van der Waals surface area (Å²) in [6, 6.07) is 2.30. The van der Waals surface area contributed by atoms with E-state index in [1.54, 1.807) is 0 Å². The Balaban J connectivity index is 2.95. The van der Waals surface area contributed by atoms with Crippen LogP contribution in [-0.2, 0) is 0 Å². The molecule has 1 rings (SSSR count). The summed E-state index contributed by atoms with van der Waals surface area (Å²) in [6.45, 7) is 4.42. The third-order valence-electron chi connectivity index (χ3n) is 2.85. The number of thiophene rings is 1. The Hall–Kier alpha value is 0.240. The van der Waals surface area contributed by atoms with Gasteiger partial charge in [-0.1, -0.05) is 49.9 Å². The lowest BCUT2D eigenvalue weighted by Gasteiger charge is -2.24. The molecule has 0 amide bonds. The van der Waals surface area contributed by atoms with Crippen molar-refractivity contribution >= 4 is 34.5 Å². The fourth-order valence-electron chi connectivity index (χ4n) is 1.97. The largest absolute Gasteiger partial charge is 0.313 e. The molecule has 1 aromatic rings. The molecular formula is C11H17Cl2NS. The summed E-state index contributed by atoms with van der Waals surface area (Å²) in [7, 11) is 1.98. The van der Waals surface area contributed by atoms with Gasteiger partial charge in [-0.2, -0.15) is 0 Å². The van der Waals surface area contributed by atoms with Crippen molar-refractivity contribution in [3.63, 3.8) is 0 Å². The van der Waals surface area contributed by atoms with Gasteiger partial charge in [-0.3, -0.25) is 0 Å². The van der Waals surface area contributed by atoms with Crippen LogP contribution in [0, 0.1) is 5.92 Å². The third-order valence-corrected chi connectivity index (χ3v) is 4.37. The van der Waals surface area contributed by atoms with E-state index in [4.69, 9.17) is 23.2 Å². The van der Waals surface area contributed by atoms with Crippen LogP contribution in [-0.4, -0.2) is 7.05 Å². The van der Waals surface area contributed by atoms with E-state index in [0.29, 0.717) is 12.0 Å². The van der Waals surface area contributed by atoms with Gasteiger partial charge in [-0.15, -0.1) is 11.3 Å². The van der Waals surface area contributed by atoms with E-state index >= 15 is 0 Å². The zero-order chi connectivity index (χ0) is 11.4. The second-order valence-corrected chi connectivity index (χ2v) is 5.91. The number of nitrogens with one attached hydrogen (secondary N) is 1. The van der Waals surface area contributed by atoms with Gasteiger partial charge in [0.25, 0.3) is 0 Å². The zero-order valence-electron chi connectivity index (χ0n) is 9.31. The van der Waals surface area contributed by atoms with Crippen LogP contribution >= 0.6 is 34.5 Å².